The summed E-state index contributed by atoms with van der Waals surface area (Å²) in [6.45, 7) is 4.42. The smallest absolute Gasteiger partial charge is 0.112 e. The maximum Gasteiger partial charge on any atom is 0.112 e. The quantitative estimate of drug-likeness (QED) is 0.580. The van der Waals surface area contributed by atoms with Gasteiger partial charge in [0.05, 0.1) is 5.76 Å². The summed E-state index contributed by atoms with van der Waals surface area (Å²) in [5, 5.41) is 0. The molecule has 0 atom stereocenters. The molecule has 0 saturated heterocycles. The molecule has 2 aliphatic rings. The maximum absolute atomic E-state index is 6.05. The molecule has 1 aliphatic carbocycles. The van der Waals surface area contributed by atoms with E-state index in [0.29, 0.717) is 0 Å². The molecule has 1 nitrogen and oxygen atoms in total. The predicted octanol–water partition coefficient (Wildman–Crippen LogP) is 3.40. The van der Waals surface area contributed by atoms with Gasteiger partial charge in [0.1, 0.15) is 5.60 Å². The molecule has 1 fully saturated rings. The number of hydrogen-bond donors (Lipinski definition) is 0. The summed E-state index contributed by atoms with van der Waals surface area (Å²) < 4.78 is 6.05. The lowest BCUT2D eigenvalue weighted by Gasteiger charge is -2.24. The Kier molecular flexibility index (Phi) is 1.90. The van der Waals surface area contributed by atoms with E-state index in [2.05, 4.69) is 13.8 Å². The van der Waals surface area contributed by atoms with Crippen molar-refractivity contribution in [3.63, 3.8) is 0 Å². The molecule has 68 valence electrons. The zero-order valence-electron chi connectivity index (χ0n) is 8.15. The van der Waals surface area contributed by atoms with Crippen LogP contribution < -0.4 is 0 Å². The fourth-order valence-electron chi connectivity index (χ4n) is 2.64. The molecule has 0 bridgehead atoms. The lowest BCUT2D eigenvalue weighted by molar-refractivity contribution is 0.0294. The average molecular weight is 166 g/mol. The van der Waals surface area contributed by atoms with E-state index in [4.69, 9.17) is 4.74 Å². The second-order valence-corrected chi connectivity index (χ2v) is 4.23. The average Bonchev–Trinajstić information content (AvgIpc) is 2.60. The molecule has 0 N–H and O–H groups in total. The maximum atomic E-state index is 6.05. The van der Waals surface area contributed by atoms with Crippen LogP contribution in [0.25, 0.3) is 0 Å². The largest absolute Gasteiger partial charge is 0.491 e. The summed E-state index contributed by atoms with van der Waals surface area (Å²) in [5.74, 6) is 1.27. The molecule has 12 heavy (non-hydrogen) atoms. The molecule has 1 aliphatic heterocycles. The van der Waals surface area contributed by atoms with Crippen LogP contribution >= 0.6 is 0 Å². The van der Waals surface area contributed by atoms with Gasteiger partial charge in [-0.05, 0) is 38.2 Å². The second-order valence-electron chi connectivity index (χ2n) is 4.23. The van der Waals surface area contributed by atoms with Gasteiger partial charge in [-0.15, -0.1) is 0 Å². The molecule has 1 saturated carbocycles. The van der Waals surface area contributed by atoms with Crippen molar-refractivity contribution in [2.24, 2.45) is 0 Å². The normalized spacial score (nSPS) is 26.8. The van der Waals surface area contributed by atoms with E-state index in [0.717, 1.165) is 6.42 Å². The van der Waals surface area contributed by atoms with Gasteiger partial charge in [0, 0.05) is 12.8 Å². The minimum absolute atomic E-state index is 0.259. The Labute approximate surface area is 74.8 Å². The topological polar surface area (TPSA) is 9.23 Å². The molecule has 0 aromatic rings. The Morgan fingerprint density at radius 1 is 1.33 bits per heavy atom. The van der Waals surface area contributed by atoms with E-state index in [-0.39, 0.29) is 5.60 Å². The van der Waals surface area contributed by atoms with Gasteiger partial charge >= 0.3 is 0 Å². The van der Waals surface area contributed by atoms with Gasteiger partial charge in [0.2, 0.25) is 0 Å². The van der Waals surface area contributed by atoms with Gasteiger partial charge in [0.15, 0.2) is 0 Å². The van der Waals surface area contributed by atoms with Crippen LogP contribution in [0.4, 0.5) is 0 Å². The van der Waals surface area contributed by atoms with Gasteiger partial charge in [-0.3, -0.25) is 0 Å². The van der Waals surface area contributed by atoms with Gasteiger partial charge in [0.25, 0.3) is 0 Å². The first-order valence-corrected chi connectivity index (χ1v) is 5.13. The summed E-state index contributed by atoms with van der Waals surface area (Å²) in [6.07, 6.45) is 7.58. The van der Waals surface area contributed by atoms with Gasteiger partial charge in [-0.25, -0.2) is 0 Å². The van der Waals surface area contributed by atoms with Crippen LogP contribution in [0.5, 0.6) is 0 Å². The molecule has 0 amide bonds. The van der Waals surface area contributed by atoms with E-state index >= 15 is 0 Å². The standard InChI is InChI=1S/C11H18O/c1-3-10-9(2)8-11(12-10)6-4-5-7-11/h3-8H2,1-2H3. The zero-order chi connectivity index (χ0) is 8.60. The number of allylic oxidation sites excluding steroid dienone is 1. The highest BCUT2D eigenvalue weighted by Crippen LogP contribution is 2.45. The van der Waals surface area contributed by atoms with Gasteiger partial charge in [-0.2, -0.15) is 0 Å². The highest BCUT2D eigenvalue weighted by molar-refractivity contribution is 5.17. The fourth-order valence-corrected chi connectivity index (χ4v) is 2.64. The van der Waals surface area contributed by atoms with Crippen LogP contribution in [0.1, 0.15) is 52.4 Å². The Balaban J connectivity index is 2.10. The summed E-state index contributed by atoms with van der Waals surface area (Å²) >= 11 is 0. The molecule has 1 heteroatoms. The van der Waals surface area contributed by atoms with Crippen molar-refractivity contribution < 1.29 is 4.74 Å². The summed E-state index contributed by atoms with van der Waals surface area (Å²) in [6, 6.07) is 0. The van der Waals surface area contributed by atoms with Crippen LogP contribution in [0.3, 0.4) is 0 Å². The van der Waals surface area contributed by atoms with Crippen molar-refractivity contribution in [1.82, 2.24) is 0 Å². The molecule has 0 aromatic carbocycles. The summed E-state index contributed by atoms with van der Waals surface area (Å²) in [4.78, 5) is 0. The van der Waals surface area contributed by atoms with E-state index in [1.54, 1.807) is 0 Å². The molecule has 0 unspecified atom stereocenters. The SMILES string of the molecule is CCC1=C(C)CC2(CCCC2)O1. The third-order valence-electron chi connectivity index (χ3n) is 3.24. The number of hydrogen-bond acceptors (Lipinski definition) is 1. The molecular weight excluding hydrogens is 148 g/mol. The van der Waals surface area contributed by atoms with Crippen LogP contribution in [-0.2, 0) is 4.74 Å². The van der Waals surface area contributed by atoms with Crippen molar-refractivity contribution in [3.05, 3.63) is 11.3 Å². The summed E-state index contributed by atoms with van der Waals surface area (Å²) in [5.41, 5.74) is 1.76. The lowest BCUT2D eigenvalue weighted by Crippen LogP contribution is -2.23. The number of rotatable bonds is 1. The molecule has 0 aromatic heterocycles. The first-order chi connectivity index (χ1) is 5.76. The first kappa shape index (κ1) is 8.15. The Hall–Kier alpha value is -0.460. The van der Waals surface area contributed by atoms with Crippen LogP contribution in [0.15, 0.2) is 11.3 Å². The van der Waals surface area contributed by atoms with E-state index in [1.807, 2.05) is 0 Å². The van der Waals surface area contributed by atoms with E-state index in [1.165, 1.54) is 43.4 Å². The minimum atomic E-state index is 0.259. The minimum Gasteiger partial charge on any atom is -0.491 e. The highest BCUT2D eigenvalue weighted by atomic mass is 16.5. The van der Waals surface area contributed by atoms with Gasteiger partial charge < -0.3 is 4.74 Å². The van der Waals surface area contributed by atoms with Crippen LogP contribution in [0.2, 0.25) is 0 Å². The molecule has 1 heterocycles. The van der Waals surface area contributed by atoms with Gasteiger partial charge in [-0.1, -0.05) is 6.92 Å². The van der Waals surface area contributed by atoms with E-state index < -0.39 is 0 Å². The fraction of sp³-hybridized carbons (Fsp3) is 0.818. The van der Waals surface area contributed by atoms with Crippen LogP contribution in [-0.4, -0.2) is 5.60 Å². The third kappa shape index (κ3) is 1.16. The van der Waals surface area contributed by atoms with Crippen molar-refractivity contribution in [2.75, 3.05) is 0 Å². The zero-order valence-corrected chi connectivity index (χ0v) is 8.15. The van der Waals surface area contributed by atoms with Crippen molar-refractivity contribution in [1.29, 1.82) is 0 Å². The number of ether oxygens (including phenoxy) is 1. The molecule has 2 rings (SSSR count). The molecule has 0 radical (unpaired) electrons. The van der Waals surface area contributed by atoms with E-state index in [9.17, 15) is 0 Å². The van der Waals surface area contributed by atoms with Crippen LogP contribution in [0, 0.1) is 0 Å². The first-order valence-electron chi connectivity index (χ1n) is 5.13. The Morgan fingerprint density at radius 3 is 2.50 bits per heavy atom. The lowest BCUT2D eigenvalue weighted by atomic mass is 9.96. The highest BCUT2D eigenvalue weighted by Gasteiger charge is 2.40. The molecule has 1 spiro atoms. The van der Waals surface area contributed by atoms with Crippen molar-refractivity contribution in [3.8, 4) is 0 Å². The monoisotopic (exact) mass is 166 g/mol. The third-order valence-corrected chi connectivity index (χ3v) is 3.24. The van der Waals surface area contributed by atoms with Crippen molar-refractivity contribution in [2.45, 2.75) is 58.0 Å². The molecular formula is C11H18O. The Bertz CT molecular complexity index is 209. The summed E-state index contributed by atoms with van der Waals surface area (Å²) in [7, 11) is 0. The van der Waals surface area contributed by atoms with Crippen molar-refractivity contribution >= 4 is 0 Å². The second kappa shape index (κ2) is 2.79. The Morgan fingerprint density at radius 2 is 2.00 bits per heavy atom. The predicted molar refractivity (Wildman–Crippen MR) is 49.9 cm³/mol.